The molecule has 0 amide bonds. The summed E-state index contributed by atoms with van der Waals surface area (Å²) in [6.45, 7) is 7.70. The molecule has 3 aliphatic rings. The molecule has 40 heavy (non-hydrogen) atoms. The molecule has 0 bridgehead atoms. The summed E-state index contributed by atoms with van der Waals surface area (Å²) in [4.78, 5) is 6.79. The number of thiophene rings is 1. The van der Waals surface area contributed by atoms with Crippen LogP contribution < -0.4 is 30.7 Å². The average Bonchev–Trinajstić information content (AvgIpc) is 3.36. The van der Waals surface area contributed by atoms with E-state index in [1.165, 1.54) is 80.7 Å². The number of nitrogens with zero attached hydrogens (tertiary/aromatic N) is 2. The van der Waals surface area contributed by atoms with Gasteiger partial charge in [0.05, 0.1) is 13.8 Å². The first kappa shape index (κ1) is 24.3. The first-order valence-corrected chi connectivity index (χ1v) is 18.9. The third-order valence-corrected chi connectivity index (χ3v) is 12.3. The molecule has 0 saturated heterocycles. The van der Waals surface area contributed by atoms with Crippen molar-refractivity contribution >= 4 is 81.1 Å². The Morgan fingerprint density at radius 1 is 0.675 bits per heavy atom. The Labute approximate surface area is 243 Å². The molecule has 2 nitrogen and oxygen atoms in total. The number of hydrogen-bond acceptors (Lipinski definition) is 3. The van der Waals surface area contributed by atoms with E-state index in [4.69, 9.17) is 0 Å². The number of hydrogen-bond donors (Lipinski definition) is 0. The van der Waals surface area contributed by atoms with Crippen molar-refractivity contribution in [2.24, 2.45) is 0 Å². The lowest BCUT2D eigenvalue weighted by Crippen LogP contribution is -2.61. The Hall–Kier alpha value is -3.54. The molecule has 5 aromatic rings. The number of rotatable bonds is 3. The Bertz CT molecular complexity index is 1760. The van der Waals surface area contributed by atoms with Crippen LogP contribution in [0.5, 0.6) is 0 Å². The molecule has 0 radical (unpaired) electrons. The van der Waals surface area contributed by atoms with Crippen molar-refractivity contribution in [3.05, 3.63) is 108 Å². The summed E-state index contributed by atoms with van der Waals surface area (Å²) in [7, 11) is -1.65. The highest BCUT2D eigenvalue weighted by atomic mass is 32.1. The van der Waals surface area contributed by atoms with E-state index in [1.54, 1.807) is 10.4 Å². The van der Waals surface area contributed by atoms with Gasteiger partial charge in [0.2, 0.25) is 0 Å². The maximum Gasteiger partial charge on any atom is 0.264 e. The van der Waals surface area contributed by atoms with E-state index >= 15 is 0 Å². The SMILES string of the molecule is C[Si](C)(C)c1cc2c3c(c1)N(c1ccccc1)c1c(sc4c1CCCC4)B3c1ccccc1N2c1ccccc1. The molecule has 3 heterocycles. The Kier molecular flexibility index (Phi) is 5.45. The molecule has 8 rings (SSSR count). The molecule has 196 valence electrons. The van der Waals surface area contributed by atoms with Crippen molar-refractivity contribution in [3.63, 3.8) is 0 Å². The molecular weight excluding hydrogens is 519 g/mol. The smallest absolute Gasteiger partial charge is 0.264 e. The third-order valence-electron chi connectivity index (χ3n) is 8.95. The standard InChI is InChI=1S/C35H33BN2SSi/c1-40(2,3)26-22-30-33-31(23-26)38(25-16-8-5-9-17-25)34-27-18-10-13-21-32(27)39-35(34)36(33)28-19-11-12-20-29(28)37(30)24-14-6-4-7-15-24/h4-9,11-12,14-17,19-20,22-23H,10,13,18,21H2,1-3H3. The van der Waals surface area contributed by atoms with Gasteiger partial charge in [-0.15, -0.1) is 0 Å². The number of benzene rings is 4. The molecule has 0 saturated carbocycles. The predicted octanol–water partition coefficient (Wildman–Crippen LogP) is 7.25. The molecule has 2 aliphatic heterocycles. The van der Waals surface area contributed by atoms with Gasteiger partial charge in [0, 0.05) is 38.1 Å². The minimum absolute atomic E-state index is 0.252. The van der Waals surface area contributed by atoms with Crippen LogP contribution in [0, 0.1) is 0 Å². The largest absolute Gasteiger partial charge is 0.311 e. The van der Waals surface area contributed by atoms with E-state index < -0.39 is 8.07 Å². The highest BCUT2D eigenvalue weighted by Gasteiger charge is 2.46. The zero-order valence-electron chi connectivity index (χ0n) is 23.4. The fraction of sp³-hybridized carbons (Fsp3) is 0.200. The summed E-state index contributed by atoms with van der Waals surface area (Å²) in [6.07, 6.45) is 4.99. The summed E-state index contributed by atoms with van der Waals surface area (Å²) in [5.41, 5.74) is 12.5. The Morgan fingerprint density at radius 2 is 1.27 bits per heavy atom. The maximum absolute atomic E-state index is 2.64. The quantitative estimate of drug-likeness (QED) is 0.213. The summed E-state index contributed by atoms with van der Waals surface area (Å²) >= 11 is 2.09. The van der Waals surface area contributed by atoms with Crippen molar-refractivity contribution < 1.29 is 0 Å². The maximum atomic E-state index is 2.64. The van der Waals surface area contributed by atoms with Crippen LogP contribution in [0.2, 0.25) is 19.6 Å². The molecular formula is C35H33BN2SSi. The molecule has 0 N–H and O–H groups in total. The molecule has 0 atom stereocenters. The van der Waals surface area contributed by atoms with E-state index in [2.05, 4.69) is 138 Å². The Balaban J connectivity index is 1.52. The minimum Gasteiger partial charge on any atom is -0.311 e. The second-order valence-electron chi connectivity index (χ2n) is 12.4. The monoisotopic (exact) mass is 552 g/mol. The molecule has 1 aliphatic carbocycles. The van der Waals surface area contributed by atoms with Crippen LogP contribution in [0.15, 0.2) is 97.1 Å². The first-order chi connectivity index (χ1) is 19.5. The highest BCUT2D eigenvalue weighted by molar-refractivity contribution is 7.29. The summed E-state index contributed by atoms with van der Waals surface area (Å²) in [6, 6.07) is 36.4. The van der Waals surface area contributed by atoms with Gasteiger partial charge in [0.15, 0.2) is 0 Å². The second-order valence-corrected chi connectivity index (χ2v) is 18.6. The number of anilines is 6. The van der Waals surface area contributed by atoms with Crippen LogP contribution in [0.4, 0.5) is 34.1 Å². The van der Waals surface area contributed by atoms with Gasteiger partial charge in [-0.2, -0.15) is 11.3 Å². The molecule has 4 aromatic carbocycles. The van der Waals surface area contributed by atoms with Gasteiger partial charge in [-0.25, -0.2) is 0 Å². The van der Waals surface area contributed by atoms with Crippen LogP contribution in [-0.4, -0.2) is 14.8 Å². The van der Waals surface area contributed by atoms with Crippen molar-refractivity contribution in [3.8, 4) is 0 Å². The van der Waals surface area contributed by atoms with Crippen LogP contribution in [-0.2, 0) is 12.8 Å². The van der Waals surface area contributed by atoms with Crippen molar-refractivity contribution in [2.75, 3.05) is 9.80 Å². The Morgan fingerprint density at radius 3 is 1.98 bits per heavy atom. The zero-order valence-corrected chi connectivity index (χ0v) is 25.3. The zero-order chi connectivity index (χ0) is 27.0. The lowest BCUT2D eigenvalue weighted by molar-refractivity contribution is 0.697. The summed E-state index contributed by atoms with van der Waals surface area (Å²) in [5.74, 6) is 0. The van der Waals surface area contributed by atoms with Crippen LogP contribution in [0.3, 0.4) is 0 Å². The highest BCUT2D eigenvalue weighted by Crippen LogP contribution is 2.47. The van der Waals surface area contributed by atoms with E-state index in [0.29, 0.717) is 0 Å². The van der Waals surface area contributed by atoms with Gasteiger partial charge in [0.25, 0.3) is 6.71 Å². The summed E-state index contributed by atoms with van der Waals surface area (Å²) in [5, 5.41) is 1.51. The van der Waals surface area contributed by atoms with Crippen molar-refractivity contribution in [1.82, 2.24) is 0 Å². The first-order valence-electron chi connectivity index (χ1n) is 14.6. The van der Waals surface area contributed by atoms with Crippen molar-refractivity contribution in [2.45, 2.75) is 45.3 Å². The number of aryl methyl sites for hydroxylation is 1. The number of para-hydroxylation sites is 3. The van der Waals surface area contributed by atoms with Gasteiger partial charge >= 0.3 is 0 Å². The lowest BCUT2D eigenvalue weighted by atomic mass is 9.36. The van der Waals surface area contributed by atoms with E-state index in [0.717, 1.165) is 0 Å². The molecule has 1 aromatic heterocycles. The molecule has 0 unspecified atom stereocenters. The predicted molar refractivity (Wildman–Crippen MR) is 178 cm³/mol. The van der Waals surface area contributed by atoms with Crippen LogP contribution in [0.1, 0.15) is 23.3 Å². The van der Waals surface area contributed by atoms with E-state index in [-0.39, 0.29) is 6.71 Å². The number of fused-ring (bicyclic) bond motifs is 6. The van der Waals surface area contributed by atoms with E-state index in [9.17, 15) is 0 Å². The normalized spacial score (nSPS) is 15.3. The second kappa shape index (κ2) is 8.99. The van der Waals surface area contributed by atoms with Crippen LogP contribution >= 0.6 is 11.3 Å². The van der Waals surface area contributed by atoms with Gasteiger partial charge in [-0.3, -0.25) is 0 Å². The van der Waals surface area contributed by atoms with Gasteiger partial charge in [0.1, 0.15) is 0 Å². The average molecular weight is 553 g/mol. The van der Waals surface area contributed by atoms with Gasteiger partial charge in [-0.1, -0.05) is 79.4 Å². The molecule has 0 spiro atoms. The van der Waals surface area contributed by atoms with Crippen molar-refractivity contribution in [1.29, 1.82) is 0 Å². The lowest BCUT2D eigenvalue weighted by Gasteiger charge is -2.44. The third kappa shape index (κ3) is 3.54. The van der Waals surface area contributed by atoms with Gasteiger partial charge in [-0.05, 0) is 84.6 Å². The summed E-state index contributed by atoms with van der Waals surface area (Å²) < 4.78 is 1.53. The topological polar surface area (TPSA) is 6.48 Å². The van der Waals surface area contributed by atoms with Gasteiger partial charge < -0.3 is 9.80 Å². The minimum atomic E-state index is -1.65. The van der Waals surface area contributed by atoms with E-state index in [1.807, 2.05) is 0 Å². The molecule has 5 heteroatoms. The fourth-order valence-electron chi connectivity index (χ4n) is 7.05. The van der Waals surface area contributed by atoms with Crippen LogP contribution in [0.25, 0.3) is 0 Å². The molecule has 0 fully saturated rings. The fourth-order valence-corrected chi connectivity index (χ4v) is 9.69.